The number of fused-ring (bicyclic) bond motifs is 3. The number of allylic oxidation sites excluding steroid dienone is 2. The van der Waals surface area contributed by atoms with Crippen molar-refractivity contribution in [2.75, 3.05) is 12.0 Å². The summed E-state index contributed by atoms with van der Waals surface area (Å²) >= 11 is 2.00. The second-order valence-electron chi connectivity index (χ2n) is 10.3. The lowest BCUT2D eigenvalue weighted by Crippen LogP contribution is -2.45. The number of methoxy groups -OCH3 is 1. The Morgan fingerprint density at radius 2 is 1.89 bits per heavy atom. The van der Waals surface area contributed by atoms with Crippen LogP contribution in [0, 0.1) is 27.2 Å². The molecule has 198 valence electrons. The number of nitrogens with zero attached hydrogens (tertiary/aromatic N) is 1. The topological polar surface area (TPSA) is 137 Å². The van der Waals surface area contributed by atoms with E-state index >= 15 is 0 Å². The molecule has 0 spiro atoms. The SMILES string of the molecule is COc1cc([C@@H]2C[C@@H]3C(=C(C(C)C)C[C@@H]4C(=O)N(c5cccc(B(O)O)c5)C(=O)[C@@H]43)B(O)O2)cc(I)c1O. The number of rotatable bonds is 5. The summed E-state index contributed by atoms with van der Waals surface area (Å²) in [7, 11) is -1.53. The lowest BCUT2D eigenvalue weighted by Gasteiger charge is -2.43. The van der Waals surface area contributed by atoms with E-state index in [1.807, 2.05) is 36.4 Å². The summed E-state index contributed by atoms with van der Waals surface area (Å²) in [5.74, 6) is -2.12. The zero-order valence-electron chi connectivity index (χ0n) is 21.2. The monoisotopic (exact) mass is 631 g/mol. The van der Waals surface area contributed by atoms with Gasteiger partial charge in [-0.3, -0.25) is 14.5 Å². The Bertz CT molecular complexity index is 1330. The highest BCUT2D eigenvalue weighted by Crippen LogP contribution is 2.53. The molecule has 2 aromatic rings. The molecule has 0 aromatic heterocycles. The molecule has 9 nitrogen and oxygen atoms in total. The van der Waals surface area contributed by atoms with Crippen LogP contribution >= 0.6 is 22.6 Å². The molecule has 0 unspecified atom stereocenters. The van der Waals surface area contributed by atoms with Gasteiger partial charge >= 0.3 is 14.2 Å². The standard InChI is InChI=1S/C26H28B2INO8/c1-12(2)16-10-18-22(26(33)30(25(18)32)15-6-4-5-14(9-15)27(34)35)17-11-20(38-28(36)23(16)17)13-7-19(29)24(31)21(8-13)37-3/h4-9,12,17-18,20,22,31,34-36H,10-11H2,1-3H3/t17-,18-,20-,22+/m0/s1. The zero-order valence-corrected chi connectivity index (χ0v) is 23.3. The van der Waals surface area contributed by atoms with Gasteiger partial charge in [0.25, 0.3) is 0 Å². The summed E-state index contributed by atoms with van der Waals surface area (Å²) in [6.45, 7) is 3.99. The van der Waals surface area contributed by atoms with Crippen LogP contribution in [0.5, 0.6) is 11.5 Å². The number of aromatic hydroxyl groups is 1. The molecule has 2 aliphatic heterocycles. The second kappa shape index (κ2) is 10.3. The Labute approximate surface area is 234 Å². The largest absolute Gasteiger partial charge is 0.504 e. The van der Waals surface area contributed by atoms with Crippen molar-refractivity contribution in [2.24, 2.45) is 23.7 Å². The Balaban J connectivity index is 1.56. The van der Waals surface area contributed by atoms with Crippen LogP contribution in [0.2, 0.25) is 0 Å². The van der Waals surface area contributed by atoms with E-state index in [2.05, 4.69) is 0 Å². The highest BCUT2D eigenvalue weighted by molar-refractivity contribution is 14.1. The molecule has 12 heteroatoms. The number of anilines is 1. The number of phenolic OH excluding ortho intramolecular Hbond substituents is 1. The number of phenols is 1. The minimum absolute atomic E-state index is 0.0102. The summed E-state index contributed by atoms with van der Waals surface area (Å²) in [6.07, 6.45) is 0.0996. The fourth-order valence-corrected chi connectivity index (χ4v) is 6.76. The van der Waals surface area contributed by atoms with E-state index < -0.39 is 38.1 Å². The first-order valence-corrected chi connectivity index (χ1v) is 13.6. The van der Waals surface area contributed by atoms with Crippen LogP contribution in [-0.2, 0) is 14.2 Å². The van der Waals surface area contributed by atoms with Gasteiger partial charge in [0.1, 0.15) is 0 Å². The van der Waals surface area contributed by atoms with Gasteiger partial charge in [-0.05, 0) is 88.0 Å². The number of benzene rings is 2. The first kappa shape index (κ1) is 27.2. The van der Waals surface area contributed by atoms with Crippen LogP contribution in [0.4, 0.5) is 5.69 Å². The van der Waals surface area contributed by atoms with Crippen LogP contribution in [0.1, 0.15) is 38.4 Å². The van der Waals surface area contributed by atoms with E-state index in [0.717, 1.165) is 10.5 Å². The molecule has 5 rings (SSSR count). The van der Waals surface area contributed by atoms with Crippen molar-refractivity contribution in [1.82, 2.24) is 0 Å². The number of hydrogen-bond acceptors (Lipinski definition) is 8. The number of halogens is 1. The number of carbonyl (C=O) groups excluding carboxylic acids is 2. The quantitative estimate of drug-likeness (QED) is 0.224. The molecule has 0 radical (unpaired) electrons. The molecule has 2 fully saturated rings. The van der Waals surface area contributed by atoms with Gasteiger partial charge in [-0.15, -0.1) is 0 Å². The van der Waals surface area contributed by atoms with Gasteiger partial charge in [0.05, 0.1) is 34.3 Å². The van der Waals surface area contributed by atoms with Crippen molar-refractivity contribution in [2.45, 2.75) is 32.8 Å². The number of imide groups is 1. The zero-order chi connectivity index (χ0) is 27.5. The van der Waals surface area contributed by atoms with Crippen LogP contribution in [-0.4, -0.2) is 53.3 Å². The van der Waals surface area contributed by atoms with Crippen molar-refractivity contribution in [3.8, 4) is 11.5 Å². The molecule has 3 aliphatic rings. The predicted molar refractivity (Wildman–Crippen MR) is 150 cm³/mol. The van der Waals surface area contributed by atoms with Crippen LogP contribution in [0.25, 0.3) is 0 Å². The Kier molecular flexibility index (Phi) is 7.38. The van der Waals surface area contributed by atoms with Crippen molar-refractivity contribution in [3.05, 3.63) is 56.6 Å². The molecule has 4 N–H and O–H groups in total. The first-order chi connectivity index (χ1) is 18.0. The Hall–Kier alpha value is -2.38. The van der Waals surface area contributed by atoms with E-state index in [1.54, 1.807) is 24.3 Å². The van der Waals surface area contributed by atoms with Crippen molar-refractivity contribution >= 4 is 59.8 Å². The maximum Gasteiger partial charge on any atom is 0.488 e. The Morgan fingerprint density at radius 1 is 1.16 bits per heavy atom. The van der Waals surface area contributed by atoms with E-state index in [9.17, 15) is 29.8 Å². The van der Waals surface area contributed by atoms with Crippen molar-refractivity contribution < 1.29 is 39.2 Å². The normalized spacial score (nSPS) is 25.2. The van der Waals surface area contributed by atoms with Gasteiger partial charge in [0.15, 0.2) is 11.5 Å². The molecule has 2 aromatic carbocycles. The van der Waals surface area contributed by atoms with Crippen molar-refractivity contribution in [1.29, 1.82) is 0 Å². The minimum atomic E-state index is -1.73. The molecule has 38 heavy (non-hydrogen) atoms. The fourth-order valence-electron chi connectivity index (χ4n) is 6.13. The van der Waals surface area contributed by atoms with Gasteiger partial charge < -0.3 is 29.6 Å². The third-order valence-electron chi connectivity index (χ3n) is 7.91. The molecular weight excluding hydrogens is 603 g/mol. The average Bonchev–Trinajstić information content (AvgIpc) is 3.14. The van der Waals surface area contributed by atoms with E-state index in [4.69, 9.17) is 9.39 Å². The van der Waals surface area contributed by atoms with E-state index in [1.165, 1.54) is 19.2 Å². The van der Waals surface area contributed by atoms with Gasteiger partial charge in [-0.1, -0.05) is 31.6 Å². The first-order valence-electron chi connectivity index (χ1n) is 12.5. The minimum Gasteiger partial charge on any atom is -0.504 e. The molecule has 2 saturated heterocycles. The number of ether oxygens (including phenoxy) is 1. The summed E-state index contributed by atoms with van der Waals surface area (Å²) in [4.78, 5) is 28.7. The predicted octanol–water partition coefficient (Wildman–Crippen LogP) is 1.94. The second-order valence-corrected chi connectivity index (χ2v) is 11.5. The van der Waals surface area contributed by atoms with Gasteiger partial charge in [-0.25, -0.2) is 0 Å². The van der Waals surface area contributed by atoms with Crippen LogP contribution in [0.3, 0.4) is 0 Å². The number of amides is 2. The molecule has 4 atom stereocenters. The van der Waals surface area contributed by atoms with Gasteiger partial charge in [0.2, 0.25) is 11.8 Å². The fraction of sp³-hybridized carbons (Fsp3) is 0.385. The average molecular weight is 631 g/mol. The lowest BCUT2D eigenvalue weighted by atomic mass is 9.54. The summed E-state index contributed by atoms with van der Waals surface area (Å²) in [5.41, 5.74) is 2.74. The summed E-state index contributed by atoms with van der Waals surface area (Å²) in [5, 5.41) is 40.7. The number of carbonyl (C=O) groups is 2. The molecule has 0 saturated carbocycles. The molecule has 2 amide bonds. The van der Waals surface area contributed by atoms with Gasteiger partial charge in [-0.2, -0.15) is 0 Å². The molecule has 0 bridgehead atoms. The smallest absolute Gasteiger partial charge is 0.488 e. The number of hydrogen-bond donors (Lipinski definition) is 4. The van der Waals surface area contributed by atoms with E-state index in [0.29, 0.717) is 27.4 Å². The molecule has 1 aliphatic carbocycles. The summed E-state index contributed by atoms with van der Waals surface area (Å²) < 4.78 is 11.9. The maximum atomic E-state index is 13.9. The third-order valence-corrected chi connectivity index (χ3v) is 8.74. The summed E-state index contributed by atoms with van der Waals surface area (Å²) in [6, 6.07) is 9.53. The highest BCUT2D eigenvalue weighted by atomic mass is 127. The molecule has 2 heterocycles. The lowest BCUT2D eigenvalue weighted by molar-refractivity contribution is -0.123. The van der Waals surface area contributed by atoms with Crippen LogP contribution < -0.4 is 15.1 Å². The molecular formula is C26H28B2INO8. The highest BCUT2D eigenvalue weighted by Gasteiger charge is 2.58. The third kappa shape index (κ3) is 4.45. The maximum absolute atomic E-state index is 13.9. The van der Waals surface area contributed by atoms with E-state index in [-0.39, 0.29) is 40.4 Å². The van der Waals surface area contributed by atoms with Gasteiger partial charge in [0, 0.05) is 0 Å². The Morgan fingerprint density at radius 3 is 2.55 bits per heavy atom. The van der Waals surface area contributed by atoms with Crippen LogP contribution in [0.15, 0.2) is 47.4 Å². The van der Waals surface area contributed by atoms with Crippen molar-refractivity contribution in [3.63, 3.8) is 0 Å².